The first-order valence-electron chi connectivity index (χ1n) is 4.41. The number of hydrogen-bond acceptors (Lipinski definition) is 0. The summed E-state index contributed by atoms with van der Waals surface area (Å²) in [5.41, 5.74) is -3.53. The lowest BCUT2D eigenvalue weighted by Gasteiger charge is -2.19. The van der Waals surface area contributed by atoms with Crippen molar-refractivity contribution >= 4 is 15.9 Å². The van der Waals surface area contributed by atoms with E-state index >= 15 is 0 Å². The van der Waals surface area contributed by atoms with Crippen LogP contribution in [-0.2, 0) is 17.7 Å². The van der Waals surface area contributed by atoms with E-state index in [0.717, 1.165) is 6.07 Å². The van der Waals surface area contributed by atoms with Crippen molar-refractivity contribution < 1.29 is 26.3 Å². The van der Waals surface area contributed by atoms with Crippen LogP contribution in [0.25, 0.3) is 0 Å². The Morgan fingerprint density at radius 3 is 1.88 bits per heavy atom. The third kappa shape index (κ3) is 3.14. The second-order valence-corrected chi connectivity index (χ2v) is 4.04. The maximum Gasteiger partial charge on any atom is 0.417 e. The van der Waals surface area contributed by atoms with E-state index in [9.17, 15) is 26.3 Å². The van der Waals surface area contributed by atoms with Crippen LogP contribution in [0, 0.1) is 6.92 Å². The van der Waals surface area contributed by atoms with Crippen molar-refractivity contribution in [2.75, 3.05) is 0 Å². The first kappa shape index (κ1) is 14.3. The number of hydrogen-bond donors (Lipinski definition) is 0. The molecule has 96 valence electrons. The minimum atomic E-state index is -5.03. The number of halogens is 7. The highest BCUT2D eigenvalue weighted by atomic mass is 79.9. The molecular formula is C10H7BrF6. The van der Waals surface area contributed by atoms with Gasteiger partial charge in [-0.2, -0.15) is 26.3 Å². The molecule has 0 saturated carbocycles. The van der Waals surface area contributed by atoms with Crippen LogP contribution >= 0.6 is 15.9 Å². The molecule has 0 aromatic heterocycles. The lowest BCUT2D eigenvalue weighted by molar-refractivity contribution is -0.162. The van der Waals surface area contributed by atoms with Crippen molar-refractivity contribution in [2.45, 2.75) is 24.6 Å². The molecule has 0 aliphatic heterocycles. The standard InChI is InChI=1S/C10H7BrF6/c1-5-2-6(4-11)8(10(15,16)17)7(3-5)9(12,13)14/h2-3H,4H2,1H3. The van der Waals surface area contributed by atoms with E-state index < -0.39 is 29.0 Å². The fourth-order valence-corrected chi connectivity index (χ4v) is 1.97. The Morgan fingerprint density at radius 2 is 1.53 bits per heavy atom. The van der Waals surface area contributed by atoms with Gasteiger partial charge in [0, 0.05) is 5.33 Å². The van der Waals surface area contributed by atoms with Crippen LogP contribution in [0.3, 0.4) is 0 Å². The zero-order valence-electron chi connectivity index (χ0n) is 8.51. The smallest absolute Gasteiger partial charge is 0.166 e. The summed E-state index contributed by atoms with van der Waals surface area (Å²) in [5.74, 6) is 0. The van der Waals surface area contributed by atoms with Gasteiger partial charge in [-0.3, -0.25) is 0 Å². The van der Waals surface area contributed by atoms with E-state index in [1.807, 2.05) is 0 Å². The van der Waals surface area contributed by atoms with Gasteiger partial charge >= 0.3 is 12.4 Å². The first-order valence-corrected chi connectivity index (χ1v) is 5.53. The Labute approximate surface area is 102 Å². The molecule has 0 radical (unpaired) electrons. The Morgan fingerprint density at radius 1 is 1.00 bits per heavy atom. The topological polar surface area (TPSA) is 0 Å². The Kier molecular flexibility index (Phi) is 3.81. The SMILES string of the molecule is Cc1cc(CBr)c(C(F)(F)F)c(C(F)(F)F)c1. The molecule has 0 amide bonds. The average molecular weight is 321 g/mol. The molecule has 1 aromatic rings. The quantitative estimate of drug-likeness (QED) is 0.508. The highest BCUT2D eigenvalue weighted by Gasteiger charge is 2.44. The highest BCUT2D eigenvalue weighted by molar-refractivity contribution is 9.08. The van der Waals surface area contributed by atoms with E-state index in [0.29, 0.717) is 6.07 Å². The average Bonchev–Trinajstić information content (AvgIpc) is 2.12. The van der Waals surface area contributed by atoms with Gasteiger partial charge in [-0.25, -0.2) is 0 Å². The molecule has 0 aliphatic carbocycles. The summed E-state index contributed by atoms with van der Waals surface area (Å²) in [5, 5.41) is -0.285. The van der Waals surface area contributed by atoms with Crippen molar-refractivity contribution in [3.05, 3.63) is 34.4 Å². The molecule has 0 fully saturated rings. The molecular weight excluding hydrogens is 314 g/mol. The second-order valence-electron chi connectivity index (χ2n) is 3.48. The largest absolute Gasteiger partial charge is 0.417 e. The van der Waals surface area contributed by atoms with E-state index in [1.165, 1.54) is 6.92 Å². The number of rotatable bonds is 1. The molecule has 1 aromatic carbocycles. The van der Waals surface area contributed by atoms with E-state index in [4.69, 9.17) is 0 Å². The van der Waals surface area contributed by atoms with Gasteiger partial charge in [-0.1, -0.05) is 27.6 Å². The van der Waals surface area contributed by atoms with Crippen molar-refractivity contribution in [1.29, 1.82) is 0 Å². The highest BCUT2D eigenvalue weighted by Crippen LogP contribution is 2.43. The van der Waals surface area contributed by atoms with Gasteiger partial charge in [-0.05, 0) is 18.6 Å². The summed E-state index contributed by atoms with van der Waals surface area (Å²) >= 11 is 2.77. The van der Waals surface area contributed by atoms with Crippen LogP contribution in [0.1, 0.15) is 22.3 Å². The molecule has 0 atom stereocenters. The molecule has 0 aliphatic rings. The fraction of sp³-hybridized carbons (Fsp3) is 0.400. The lowest BCUT2D eigenvalue weighted by atomic mass is 9.98. The van der Waals surface area contributed by atoms with Crippen molar-refractivity contribution in [2.24, 2.45) is 0 Å². The normalized spacial score (nSPS) is 12.9. The predicted octanol–water partition coefficient (Wildman–Crippen LogP) is 4.93. The number of aryl methyl sites for hydroxylation is 1. The number of alkyl halides is 7. The minimum Gasteiger partial charge on any atom is -0.166 e. The summed E-state index contributed by atoms with van der Waals surface area (Å²) in [6.07, 6.45) is -10.0. The van der Waals surface area contributed by atoms with Gasteiger partial charge in [0.1, 0.15) is 0 Å². The van der Waals surface area contributed by atoms with Crippen LogP contribution in [-0.4, -0.2) is 0 Å². The zero-order chi connectivity index (χ0) is 13.4. The van der Waals surface area contributed by atoms with Gasteiger partial charge in [0.05, 0.1) is 11.1 Å². The molecule has 0 spiro atoms. The van der Waals surface area contributed by atoms with Crippen molar-refractivity contribution in [1.82, 2.24) is 0 Å². The van der Waals surface area contributed by atoms with Crippen LogP contribution in [0.4, 0.5) is 26.3 Å². The van der Waals surface area contributed by atoms with Gasteiger partial charge in [0.2, 0.25) is 0 Å². The second kappa shape index (κ2) is 4.51. The summed E-state index contributed by atoms with van der Waals surface area (Å²) in [6.45, 7) is 1.32. The van der Waals surface area contributed by atoms with Crippen molar-refractivity contribution in [3.8, 4) is 0 Å². The molecule has 0 bridgehead atoms. The van der Waals surface area contributed by atoms with Crippen molar-refractivity contribution in [3.63, 3.8) is 0 Å². The van der Waals surface area contributed by atoms with Gasteiger partial charge in [-0.15, -0.1) is 0 Å². The number of benzene rings is 1. The van der Waals surface area contributed by atoms with Gasteiger partial charge in [0.25, 0.3) is 0 Å². The molecule has 7 heteroatoms. The van der Waals surface area contributed by atoms with E-state index in [-0.39, 0.29) is 10.9 Å². The van der Waals surface area contributed by atoms with Gasteiger partial charge < -0.3 is 0 Å². The molecule has 1 rings (SSSR count). The summed E-state index contributed by atoms with van der Waals surface area (Å²) < 4.78 is 75.6. The maximum atomic E-state index is 12.6. The molecule has 0 nitrogen and oxygen atoms in total. The summed E-state index contributed by atoms with van der Waals surface area (Å²) in [7, 11) is 0. The Hall–Kier alpha value is -0.720. The zero-order valence-corrected chi connectivity index (χ0v) is 10.1. The monoisotopic (exact) mass is 320 g/mol. The van der Waals surface area contributed by atoms with Crippen LogP contribution in [0.2, 0.25) is 0 Å². The maximum absolute atomic E-state index is 12.6. The Balaban J connectivity index is 3.63. The Bertz CT molecular complexity index is 418. The summed E-state index contributed by atoms with van der Waals surface area (Å²) in [6, 6.07) is 1.60. The fourth-order valence-electron chi connectivity index (χ4n) is 1.53. The molecule has 0 unspecified atom stereocenters. The molecule has 0 N–H and O–H groups in total. The molecule has 17 heavy (non-hydrogen) atoms. The van der Waals surface area contributed by atoms with E-state index in [1.54, 1.807) is 0 Å². The van der Waals surface area contributed by atoms with Crippen LogP contribution < -0.4 is 0 Å². The van der Waals surface area contributed by atoms with Crippen LogP contribution in [0.15, 0.2) is 12.1 Å². The van der Waals surface area contributed by atoms with E-state index in [2.05, 4.69) is 15.9 Å². The predicted molar refractivity (Wildman–Crippen MR) is 53.8 cm³/mol. The first-order chi connectivity index (χ1) is 7.57. The molecule has 0 heterocycles. The summed E-state index contributed by atoms with van der Waals surface area (Å²) in [4.78, 5) is 0. The molecule has 0 saturated heterocycles. The van der Waals surface area contributed by atoms with Crippen LogP contribution in [0.5, 0.6) is 0 Å². The third-order valence-electron chi connectivity index (χ3n) is 2.10. The lowest BCUT2D eigenvalue weighted by Crippen LogP contribution is -2.19. The van der Waals surface area contributed by atoms with Gasteiger partial charge in [0.15, 0.2) is 0 Å². The minimum absolute atomic E-state index is 0.139. The third-order valence-corrected chi connectivity index (χ3v) is 2.70.